The number of hydrogen-bond donors (Lipinski definition) is 2. The van der Waals surface area contributed by atoms with Crippen molar-refractivity contribution in [1.29, 1.82) is 0 Å². The standard InChI is InChI=1S/C41H46ClN3O10/c1-47-33-17-24(40-43-29-13-12-27(42)22-28(29)41(46)44-40)11-14-31(33)53-15-9-7-8-10-16-54-39-36(50-4)18-25(19-37(39)51-5)30-23-32(55-45-30)26-20-34(48-2)38(52-6)35(21-26)49-3/h11-14,17-22,32,40,43H,7-10,15-16,23H2,1-6H3,(H,44,46). The van der Waals surface area contributed by atoms with Crippen molar-refractivity contribution in [2.75, 3.05) is 61.2 Å². The summed E-state index contributed by atoms with van der Waals surface area (Å²) in [5, 5.41) is 11.2. The zero-order valence-corrected chi connectivity index (χ0v) is 32.5. The van der Waals surface area contributed by atoms with Crippen molar-refractivity contribution in [3.05, 3.63) is 87.9 Å². The number of anilines is 1. The number of nitrogens with one attached hydrogen (secondary N) is 2. The molecule has 0 saturated carbocycles. The second kappa shape index (κ2) is 18.1. The van der Waals surface area contributed by atoms with E-state index in [-0.39, 0.29) is 12.0 Å². The van der Waals surface area contributed by atoms with Crippen molar-refractivity contribution in [2.24, 2.45) is 5.16 Å². The molecule has 2 atom stereocenters. The highest BCUT2D eigenvalue weighted by molar-refractivity contribution is 6.31. The van der Waals surface area contributed by atoms with Gasteiger partial charge in [0.1, 0.15) is 6.17 Å². The van der Waals surface area contributed by atoms with Crippen molar-refractivity contribution in [1.82, 2.24) is 5.32 Å². The lowest BCUT2D eigenvalue weighted by Crippen LogP contribution is -2.38. The minimum atomic E-state index is -0.421. The molecule has 6 rings (SSSR count). The summed E-state index contributed by atoms with van der Waals surface area (Å²) in [5.41, 5.74) is 4.44. The average Bonchev–Trinajstić information content (AvgIpc) is 3.72. The number of carbonyl (C=O) groups excluding carboxylic acids is 1. The molecule has 4 aromatic carbocycles. The summed E-state index contributed by atoms with van der Waals surface area (Å²) in [6, 6.07) is 18.3. The fourth-order valence-electron chi connectivity index (χ4n) is 6.50. The lowest BCUT2D eigenvalue weighted by atomic mass is 9.99. The summed E-state index contributed by atoms with van der Waals surface area (Å²) < 4.78 is 45.8. The highest BCUT2D eigenvalue weighted by Crippen LogP contribution is 2.44. The number of amides is 1. The molecule has 292 valence electrons. The van der Waals surface area contributed by atoms with Crippen LogP contribution < -0.4 is 48.5 Å². The zero-order chi connectivity index (χ0) is 38.9. The topological polar surface area (TPSA) is 137 Å². The predicted molar refractivity (Wildman–Crippen MR) is 208 cm³/mol. The van der Waals surface area contributed by atoms with Gasteiger partial charge < -0.3 is 53.4 Å². The third-order valence-corrected chi connectivity index (χ3v) is 9.62. The summed E-state index contributed by atoms with van der Waals surface area (Å²) in [7, 11) is 9.51. The number of ether oxygens (including phenoxy) is 8. The number of hydrogen-bond acceptors (Lipinski definition) is 12. The van der Waals surface area contributed by atoms with Crippen molar-refractivity contribution in [3.8, 4) is 46.0 Å². The number of carbonyl (C=O) groups is 1. The van der Waals surface area contributed by atoms with Crippen molar-refractivity contribution < 1.29 is 47.5 Å². The van der Waals surface area contributed by atoms with Crippen LogP contribution in [-0.4, -0.2) is 67.5 Å². The molecule has 0 spiro atoms. The Hall–Kier alpha value is -5.69. The monoisotopic (exact) mass is 775 g/mol. The van der Waals surface area contributed by atoms with E-state index in [1.54, 1.807) is 60.9 Å². The Labute approximate surface area is 325 Å². The molecule has 2 aliphatic heterocycles. The van der Waals surface area contributed by atoms with Gasteiger partial charge >= 0.3 is 0 Å². The van der Waals surface area contributed by atoms with Crippen molar-refractivity contribution in [3.63, 3.8) is 0 Å². The van der Waals surface area contributed by atoms with Crippen LogP contribution in [0, 0.1) is 0 Å². The number of methoxy groups -OCH3 is 6. The second-order valence-electron chi connectivity index (χ2n) is 12.8. The van der Waals surface area contributed by atoms with Gasteiger partial charge in [-0.3, -0.25) is 4.79 Å². The summed E-state index contributed by atoms with van der Waals surface area (Å²) >= 11 is 6.07. The quantitative estimate of drug-likeness (QED) is 0.0949. The van der Waals surface area contributed by atoms with Gasteiger partial charge in [0.05, 0.1) is 67.1 Å². The molecule has 4 aromatic rings. The SMILES string of the molecule is COc1cc(C2NC(=O)c3cc(Cl)ccc3N2)ccc1OCCCCCCOc1c(OC)cc(C2=NOC(c3cc(OC)c(OC)c(OC)c3)C2)cc1OC. The van der Waals surface area contributed by atoms with Crippen LogP contribution in [0.2, 0.25) is 5.02 Å². The van der Waals surface area contributed by atoms with Gasteiger partial charge in [-0.25, -0.2) is 0 Å². The highest BCUT2D eigenvalue weighted by Gasteiger charge is 2.29. The molecule has 55 heavy (non-hydrogen) atoms. The van der Waals surface area contributed by atoms with Crippen LogP contribution in [-0.2, 0) is 4.84 Å². The lowest BCUT2D eigenvalue weighted by Gasteiger charge is -2.28. The number of unbranched alkanes of at least 4 members (excludes halogenated alkanes) is 3. The highest BCUT2D eigenvalue weighted by atomic mass is 35.5. The van der Waals surface area contributed by atoms with E-state index in [1.807, 2.05) is 42.5 Å². The van der Waals surface area contributed by atoms with E-state index in [4.69, 9.17) is 54.3 Å². The van der Waals surface area contributed by atoms with Gasteiger partial charge in [-0.2, -0.15) is 0 Å². The van der Waals surface area contributed by atoms with E-state index in [1.165, 1.54) is 0 Å². The first-order valence-electron chi connectivity index (χ1n) is 17.9. The van der Waals surface area contributed by atoms with Crippen LogP contribution >= 0.6 is 11.6 Å². The molecule has 2 aliphatic rings. The first kappa shape index (κ1) is 39.0. The summed E-state index contributed by atoms with van der Waals surface area (Å²) in [5.74, 6) is 4.23. The second-order valence-corrected chi connectivity index (χ2v) is 13.2. The van der Waals surface area contributed by atoms with Crippen LogP contribution in [0.3, 0.4) is 0 Å². The summed E-state index contributed by atoms with van der Waals surface area (Å²) in [6.07, 6.45) is 3.32. The minimum absolute atomic E-state index is 0.198. The van der Waals surface area contributed by atoms with Gasteiger partial charge in [-0.15, -0.1) is 0 Å². The third-order valence-electron chi connectivity index (χ3n) is 9.39. The van der Waals surface area contributed by atoms with E-state index in [2.05, 4.69) is 15.8 Å². The predicted octanol–water partition coefficient (Wildman–Crippen LogP) is 8.13. The van der Waals surface area contributed by atoms with Crippen molar-refractivity contribution >= 4 is 28.9 Å². The molecular formula is C41H46ClN3O10. The van der Waals surface area contributed by atoms with Crippen LogP contribution in [0.1, 0.15) is 71.4 Å². The maximum Gasteiger partial charge on any atom is 0.255 e. The average molecular weight is 776 g/mol. The molecule has 13 nitrogen and oxygen atoms in total. The van der Waals surface area contributed by atoms with E-state index in [9.17, 15) is 4.79 Å². The number of benzene rings is 4. The van der Waals surface area contributed by atoms with E-state index < -0.39 is 6.17 Å². The third kappa shape index (κ3) is 8.83. The molecular weight excluding hydrogens is 730 g/mol. The molecule has 0 fully saturated rings. The van der Waals surface area contributed by atoms with Gasteiger partial charge in [0, 0.05) is 28.3 Å². The van der Waals surface area contributed by atoms with Crippen molar-refractivity contribution in [2.45, 2.75) is 44.4 Å². The van der Waals surface area contributed by atoms with E-state index in [0.29, 0.717) is 81.9 Å². The molecule has 0 aliphatic carbocycles. The Bertz CT molecular complexity index is 1970. The van der Waals surface area contributed by atoms with Gasteiger partial charge in [-0.05, 0) is 85.8 Å². The Balaban J connectivity index is 0.968. The smallest absolute Gasteiger partial charge is 0.255 e. The molecule has 0 bridgehead atoms. The Morgan fingerprint density at radius 3 is 1.91 bits per heavy atom. The molecule has 14 heteroatoms. The van der Waals surface area contributed by atoms with Crippen LogP contribution in [0.5, 0.6) is 46.0 Å². The van der Waals surface area contributed by atoms with Gasteiger partial charge in [0.15, 0.2) is 40.6 Å². The van der Waals surface area contributed by atoms with E-state index >= 15 is 0 Å². The maximum absolute atomic E-state index is 12.7. The van der Waals surface area contributed by atoms with E-state index in [0.717, 1.165) is 48.1 Å². The maximum atomic E-state index is 12.7. The summed E-state index contributed by atoms with van der Waals surface area (Å²) in [6.45, 7) is 1.01. The molecule has 2 N–H and O–H groups in total. The minimum Gasteiger partial charge on any atom is -0.493 e. The molecule has 0 radical (unpaired) electrons. The van der Waals surface area contributed by atoms with Crippen LogP contribution in [0.4, 0.5) is 5.69 Å². The molecule has 2 heterocycles. The fourth-order valence-corrected chi connectivity index (χ4v) is 6.67. The fraction of sp³-hybridized carbons (Fsp3) is 0.366. The molecule has 1 amide bonds. The number of nitrogens with zero attached hydrogens (tertiary/aromatic N) is 1. The Morgan fingerprint density at radius 1 is 0.655 bits per heavy atom. The first-order valence-corrected chi connectivity index (χ1v) is 18.3. The van der Waals surface area contributed by atoms with Gasteiger partial charge in [0.25, 0.3) is 5.91 Å². The lowest BCUT2D eigenvalue weighted by molar-refractivity contribution is 0.0853. The zero-order valence-electron chi connectivity index (χ0n) is 31.8. The first-order chi connectivity index (χ1) is 26.8. The number of oxime groups is 1. The molecule has 0 saturated heterocycles. The van der Waals surface area contributed by atoms with Gasteiger partial charge in [-0.1, -0.05) is 22.8 Å². The molecule has 2 unspecified atom stereocenters. The van der Waals surface area contributed by atoms with Crippen LogP contribution in [0.15, 0.2) is 65.8 Å². The van der Waals surface area contributed by atoms with Crippen LogP contribution in [0.25, 0.3) is 0 Å². The number of halogens is 1. The number of rotatable bonds is 18. The largest absolute Gasteiger partial charge is 0.493 e. The normalized spacial score (nSPS) is 15.8. The number of fused-ring (bicyclic) bond motifs is 1. The van der Waals surface area contributed by atoms with Gasteiger partial charge in [0.2, 0.25) is 11.5 Å². The Morgan fingerprint density at radius 2 is 1.27 bits per heavy atom. The molecule has 0 aromatic heterocycles. The Kier molecular flexibility index (Phi) is 12.8. The summed E-state index contributed by atoms with van der Waals surface area (Å²) in [4.78, 5) is 18.5.